The van der Waals surface area contributed by atoms with Gasteiger partial charge in [0.15, 0.2) is 0 Å². The average molecular weight is 206 g/mol. The predicted molar refractivity (Wildman–Crippen MR) is 60.7 cm³/mol. The Labute approximate surface area is 90.3 Å². The molecule has 0 aromatic heterocycles. The molecule has 1 aliphatic heterocycles. The molecule has 0 saturated carbocycles. The van der Waals surface area contributed by atoms with Crippen molar-refractivity contribution in [1.29, 1.82) is 0 Å². The van der Waals surface area contributed by atoms with E-state index in [2.05, 4.69) is 11.4 Å². The summed E-state index contributed by atoms with van der Waals surface area (Å²) in [5, 5.41) is 12.5. The topological polar surface area (TPSA) is 58.3 Å². The zero-order valence-corrected chi connectivity index (χ0v) is 8.82. The number of nitrogens with two attached hydrogens (primary N) is 1. The zero-order valence-electron chi connectivity index (χ0n) is 8.82. The Hall–Kier alpha value is -0.900. The maximum Gasteiger partial charge on any atom is 0.0624 e. The molecule has 3 nitrogen and oxygen atoms in total. The van der Waals surface area contributed by atoms with E-state index < -0.39 is 0 Å². The third-order valence-electron chi connectivity index (χ3n) is 3.09. The summed E-state index contributed by atoms with van der Waals surface area (Å²) in [4.78, 5) is 0. The van der Waals surface area contributed by atoms with Crippen LogP contribution in [0.1, 0.15) is 29.5 Å². The summed E-state index contributed by atoms with van der Waals surface area (Å²) in [6.07, 6.45) is 1.16. The van der Waals surface area contributed by atoms with Crippen molar-refractivity contribution in [3.63, 3.8) is 0 Å². The van der Waals surface area contributed by atoms with Crippen molar-refractivity contribution in [2.24, 2.45) is 5.73 Å². The van der Waals surface area contributed by atoms with Crippen LogP contribution in [0.2, 0.25) is 0 Å². The third-order valence-corrected chi connectivity index (χ3v) is 3.09. The number of hydrogen-bond acceptors (Lipinski definition) is 3. The third kappa shape index (κ3) is 2.20. The van der Waals surface area contributed by atoms with Crippen LogP contribution in [0.4, 0.5) is 0 Å². The van der Waals surface area contributed by atoms with Crippen molar-refractivity contribution in [3.8, 4) is 0 Å². The van der Waals surface area contributed by atoms with E-state index in [0.29, 0.717) is 5.92 Å². The summed E-state index contributed by atoms with van der Waals surface area (Å²) in [5.41, 5.74) is 8.28. The van der Waals surface area contributed by atoms with E-state index in [1.165, 1.54) is 5.56 Å². The normalized spacial score (nSPS) is 22.9. The minimum atomic E-state index is -0.248. The Kier molecular flexibility index (Phi) is 3.36. The maximum atomic E-state index is 9.11. The van der Waals surface area contributed by atoms with Gasteiger partial charge < -0.3 is 16.2 Å². The van der Waals surface area contributed by atoms with Crippen LogP contribution in [-0.2, 0) is 0 Å². The number of benzene rings is 1. The summed E-state index contributed by atoms with van der Waals surface area (Å²) in [6, 6.07) is 7.93. The Morgan fingerprint density at radius 2 is 2.27 bits per heavy atom. The Morgan fingerprint density at radius 3 is 2.93 bits per heavy atom. The van der Waals surface area contributed by atoms with E-state index >= 15 is 0 Å². The van der Waals surface area contributed by atoms with Gasteiger partial charge in [-0.1, -0.05) is 24.3 Å². The SMILES string of the molecule is NC(CO)c1ccccc1C1CCNC1. The fraction of sp³-hybridized carbons (Fsp3) is 0.500. The van der Waals surface area contributed by atoms with Gasteiger partial charge in [0.2, 0.25) is 0 Å². The first-order valence-corrected chi connectivity index (χ1v) is 5.49. The molecule has 0 spiro atoms. The van der Waals surface area contributed by atoms with Crippen molar-refractivity contribution >= 4 is 0 Å². The first-order valence-electron chi connectivity index (χ1n) is 5.49. The molecular weight excluding hydrogens is 188 g/mol. The predicted octanol–water partition coefficient (Wildman–Crippen LogP) is 0.756. The minimum absolute atomic E-state index is 0.0111. The van der Waals surface area contributed by atoms with Gasteiger partial charge in [-0.3, -0.25) is 0 Å². The van der Waals surface area contributed by atoms with Crippen molar-refractivity contribution < 1.29 is 5.11 Å². The van der Waals surface area contributed by atoms with E-state index in [1.807, 2.05) is 18.2 Å². The van der Waals surface area contributed by atoms with E-state index in [0.717, 1.165) is 25.1 Å². The molecule has 0 radical (unpaired) electrons. The fourth-order valence-corrected chi connectivity index (χ4v) is 2.24. The first-order chi connectivity index (χ1) is 7.33. The minimum Gasteiger partial charge on any atom is -0.394 e. The van der Waals surface area contributed by atoms with E-state index in [4.69, 9.17) is 10.8 Å². The first kappa shape index (κ1) is 10.6. The highest BCUT2D eigenvalue weighted by molar-refractivity contribution is 5.33. The van der Waals surface area contributed by atoms with Gasteiger partial charge >= 0.3 is 0 Å². The Balaban J connectivity index is 2.28. The second-order valence-corrected chi connectivity index (χ2v) is 4.11. The van der Waals surface area contributed by atoms with E-state index in [-0.39, 0.29) is 12.6 Å². The molecule has 1 fully saturated rings. The lowest BCUT2D eigenvalue weighted by Crippen LogP contribution is -2.18. The summed E-state index contributed by atoms with van der Waals surface area (Å²) in [7, 11) is 0. The van der Waals surface area contributed by atoms with Crippen LogP contribution in [-0.4, -0.2) is 24.8 Å². The van der Waals surface area contributed by atoms with Crippen LogP contribution in [0.25, 0.3) is 0 Å². The van der Waals surface area contributed by atoms with Crippen molar-refractivity contribution in [3.05, 3.63) is 35.4 Å². The van der Waals surface area contributed by atoms with Gasteiger partial charge in [-0.25, -0.2) is 0 Å². The summed E-state index contributed by atoms with van der Waals surface area (Å²) < 4.78 is 0. The smallest absolute Gasteiger partial charge is 0.0624 e. The molecule has 0 aliphatic carbocycles. The fourth-order valence-electron chi connectivity index (χ4n) is 2.24. The van der Waals surface area contributed by atoms with Gasteiger partial charge in [0.25, 0.3) is 0 Å². The van der Waals surface area contributed by atoms with Gasteiger partial charge in [0.05, 0.1) is 12.6 Å². The van der Waals surface area contributed by atoms with Gasteiger partial charge in [-0.15, -0.1) is 0 Å². The van der Waals surface area contributed by atoms with E-state index in [9.17, 15) is 0 Å². The number of aliphatic hydroxyl groups is 1. The molecule has 82 valence electrons. The highest BCUT2D eigenvalue weighted by Gasteiger charge is 2.20. The highest BCUT2D eigenvalue weighted by Crippen LogP contribution is 2.28. The summed E-state index contributed by atoms with van der Waals surface area (Å²) >= 11 is 0. The van der Waals surface area contributed by atoms with Gasteiger partial charge in [0, 0.05) is 6.54 Å². The van der Waals surface area contributed by atoms with Gasteiger partial charge in [-0.05, 0) is 30.0 Å². The second-order valence-electron chi connectivity index (χ2n) is 4.11. The number of nitrogens with one attached hydrogen (secondary N) is 1. The number of hydrogen-bond donors (Lipinski definition) is 3. The lowest BCUT2D eigenvalue weighted by molar-refractivity contribution is 0.267. The molecular formula is C12H18N2O. The molecule has 2 rings (SSSR count). The molecule has 1 aliphatic rings. The summed E-state index contributed by atoms with van der Waals surface area (Å²) in [6.45, 7) is 2.11. The Morgan fingerprint density at radius 1 is 1.47 bits per heavy atom. The molecule has 2 atom stereocenters. The molecule has 0 amide bonds. The zero-order chi connectivity index (χ0) is 10.7. The molecule has 1 heterocycles. The van der Waals surface area contributed by atoms with Gasteiger partial charge in [-0.2, -0.15) is 0 Å². The molecule has 1 aromatic carbocycles. The van der Waals surface area contributed by atoms with Crippen LogP contribution >= 0.6 is 0 Å². The van der Waals surface area contributed by atoms with E-state index in [1.54, 1.807) is 0 Å². The van der Waals surface area contributed by atoms with Gasteiger partial charge in [0.1, 0.15) is 0 Å². The molecule has 4 N–H and O–H groups in total. The summed E-state index contributed by atoms with van der Waals surface area (Å²) in [5.74, 6) is 0.554. The lowest BCUT2D eigenvalue weighted by atomic mass is 9.90. The van der Waals surface area contributed by atoms with Crippen molar-refractivity contribution in [1.82, 2.24) is 5.32 Å². The molecule has 3 heteroatoms. The van der Waals surface area contributed by atoms with Crippen molar-refractivity contribution in [2.75, 3.05) is 19.7 Å². The number of aliphatic hydroxyl groups excluding tert-OH is 1. The lowest BCUT2D eigenvalue weighted by Gasteiger charge is -2.18. The average Bonchev–Trinajstić information content (AvgIpc) is 2.81. The quantitative estimate of drug-likeness (QED) is 0.684. The molecule has 1 saturated heterocycles. The Bertz CT molecular complexity index is 321. The van der Waals surface area contributed by atoms with Crippen LogP contribution in [0.3, 0.4) is 0 Å². The molecule has 15 heavy (non-hydrogen) atoms. The maximum absolute atomic E-state index is 9.11. The monoisotopic (exact) mass is 206 g/mol. The number of rotatable bonds is 3. The molecule has 2 unspecified atom stereocenters. The highest BCUT2D eigenvalue weighted by atomic mass is 16.3. The van der Waals surface area contributed by atoms with Crippen LogP contribution < -0.4 is 11.1 Å². The molecule has 1 aromatic rings. The second kappa shape index (κ2) is 4.75. The standard InChI is InChI=1S/C12H18N2O/c13-12(8-15)11-4-2-1-3-10(11)9-5-6-14-7-9/h1-4,9,12,14-15H,5-8,13H2. The van der Waals surface area contributed by atoms with Crippen LogP contribution in [0.15, 0.2) is 24.3 Å². The van der Waals surface area contributed by atoms with Crippen LogP contribution in [0.5, 0.6) is 0 Å². The largest absolute Gasteiger partial charge is 0.394 e. The molecule has 0 bridgehead atoms. The van der Waals surface area contributed by atoms with Crippen LogP contribution in [0, 0.1) is 0 Å². The van der Waals surface area contributed by atoms with Crippen molar-refractivity contribution in [2.45, 2.75) is 18.4 Å².